The number of carbonyl (C=O) groups excluding carboxylic acids is 2. The average molecular weight is 441 g/mol. The van der Waals surface area contributed by atoms with Gasteiger partial charge in [0.1, 0.15) is 6.04 Å². The second-order valence-corrected chi connectivity index (χ2v) is 7.27. The zero-order chi connectivity index (χ0) is 21.4. The third-order valence-electron chi connectivity index (χ3n) is 4.24. The van der Waals surface area contributed by atoms with Gasteiger partial charge < -0.3 is 15.0 Å². The number of rotatable bonds is 9. The Morgan fingerprint density at radius 3 is 2.55 bits per heavy atom. The van der Waals surface area contributed by atoms with Gasteiger partial charge in [-0.1, -0.05) is 48.3 Å². The first kappa shape index (κ1) is 23.0. The highest BCUT2D eigenvalue weighted by Gasteiger charge is 2.26. The first-order valence-corrected chi connectivity index (χ1v) is 9.97. The van der Waals surface area contributed by atoms with Crippen LogP contribution in [0.5, 0.6) is 5.75 Å². The molecule has 0 saturated heterocycles. The highest BCUT2D eigenvalue weighted by Crippen LogP contribution is 2.24. The predicted molar refractivity (Wildman–Crippen MR) is 112 cm³/mol. The second kappa shape index (κ2) is 11.0. The molecule has 156 valence electrons. The quantitative estimate of drug-likeness (QED) is 0.626. The molecule has 2 amide bonds. The van der Waals surface area contributed by atoms with Gasteiger partial charge in [-0.2, -0.15) is 0 Å². The van der Waals surface area contributed by atoms with Crippen molar-refractivity contribution in [3.8, 4) is 5.75 Å². The summed E-state index contributed by atoms with van der Waals surface area (Å²) >= 11 is 12.0. The average Bonchev–Trinajstić information content (AvgIpc) is 2.71. The van der Waals surface area contributed by atoms with Gasteiger partial charge >= 0.3 is 0 Å². The summed E-state index contributed by atoms with van der Waals surface area (Å²) in [6.07, 6.45) is 0.773. The van der Waals surface area contributed by atoms with Gasteiger partial charge in [0.25, 0.3) is 5.91 Å². The molecule has 0 aromatic heterocycles. The maximum Gasteiger partial charge on any atom is 0.261 e. The lowest BCUT2D eigenvalue weighted by Crippen LogP contribution is -2.49. The minimum atomic E-state index is -0.757. The molecule has 0 radical (unpaired) electrons. The van der Waals surface area contributed by atoms with Crippen LogP contribution in [0.15, 0.2) is 42.5 Å². The van der Waals surface area contributed by atoms with E-state index in [-0.39, 0.29) is 18.2 Å². The molecule has 0 unspecified atom stereocenters. The van der Waals surface area contributed by atoms with Crippen LogP contribution in [0.4, 0.5) is 4.39 Å². The fraction of sp³-hybridized carbons (Fsp3) is 0.333. The number of para-hydroxylation sites is 1. The predicted octanol–water partition coefficient (Wildman–Crippen LogP) is 4.45. The molecule has 29 heavy (non-hydrogen) atoms. The Kier molecular flexibility index (Phi) is 8.73. The molecule has 0 aliphatic heterocycles. The Morgan fingerprint density at radius 2 is 1.90 bits per heavy atom. The third kappa shape index (κ3) is 6.61. The van der Waals surface area contributed by atoms with Crippen LogP contribution in [0.2, 0.25) is 10.0 Å². The van der Waals surface area contributed by atoms with E-state index in [2.05, 4.69) is 5.32 Å². The van der Waals surface area contributed by atoms with Gasteiger partial charge in [0.05, 0.1) is 10.0 Å². The van der Waals surface area contributed by atoms with Gasteiger partial charge in [-0.25, -0.2) is 4.39 Å². The van der Waals surface area contributed by atoms with Crippen LogP contribution in [0.1, 0.15) is 25.8 Å². The molecular weight excluding hydrogens is 418 g/mol. The number of benzene rings is 2. The summed E-state index contributed by atoms with van der Waals surface area (Å²) < 4.78 is 19.1. The maximum atomic E-state index is 13.8. The van der Waals surface area contributed by atoms with Crippen LogP contribution in [0.25, 0.3) is 0 Å². The van der Waals surface area contributed by atoms with Crippen molar-refractivity contribution < 1.29 is 18.7 Å². The van der Waals surface area contributed by atoms with Crippen molar-refractivity contribution in [2.75, 3.05) is 13.2 Å². The van der Waals surface area contributed by atoms with Gasteiger partial charge in [0.15, 0.2) is 18.2 Å². The molecule has 1 atom stereocenters. The van der Waals surface area contributed by atoms with Crippen molar-refractivity contribution in [2.24, 2.45) is 0 Å². The van der Waals surface area contributed by atoms with E-state index in [1.54, 1.807) is 31.2 Å². The lowest BCUT2D eigenvalue weighted by atomic mass is 10.1. The monoisotopic (exact) mass is 440 g/mol. The molecule has 0 heterocycles. The summed E-state index contributed by atoms with van der Waals surface area (Å²) in [5.41, 5.74) is 0.703. The maximum absolute atomic E-state index is 13.8. The van der Waals surface area contributed by atoms with Gasteiger partial charge in [-0.05, 0) is 43.2 Å². The standard InChI is InChI=1S/C21H23Cl2FN2O3/c1-3-10-25-21(28)14(2)26(12-15-8-9-16(22)17(23)11-15)20(27)13-29-19-7-5-4-6-18(19)24/h4-9,11,14H,3,10,12-13H2,1-2H3,(H,25,28)/t14-/m0/s1. The molecule has 0 saturated carbocycles. The number of ether oxygens (including phenoxy) is 1. The van der Waals surface area contributed by atoms with Crippen molar-refractivity contribution in [1.29, 1.82) is 0 Å². The molecule has 2 rings (SSSR count). The molecule has 0 bridgehead atoms. The van der Waals surface area contributed by atoms with Gasteiger partial charge in [-0.3, -0.25) is 9.59 Å². The lowest BCUT2D eigenvalue weighted by Gasteiger charge is -2.29. The molecular formula is C21H23Cl2FN2O3. The molecule has 0 spiro atoms. The van der Waals surface area contributed by atoms with E-state index in [9.17, 15) is 14.0 Å². The number of nitrogens with zero attached hydrogens (tertiary/aromatic N) is 1. The normalized spacial score (nSPS) is 11.6. The highest BCUT2D eigenvalue weighted by molar-refractivity contribution is 6.42. The summed E-state index contributed by atoms with van der Waals surface area (Å²) in [7, 11) is 0. The summed E-state index contributed by atoms with van der Waals surface area (Å²) in [6.45, 7) is 3.78. The number of halogens is 3. The second-order valence-electron chi connectivity index (χ2n) is 6.46. The Bertz CT molecular complexity index is 864. The minimum absolute atomic E-state index is 0.0292. The van der Waals surface area contributed by atoms with Gasteiger partial charge in [0.2, 0.25) is 5.91 Å². The number of hydrogen-bond donors (Lipinski definition) is 1. The summed E-state index contributed by atoms with van der Waals surface area (Å²) in [5, 5.41) is 3.52. The molecule has 0 aliphatic carbocycles. The number of carbonyl (C=O) groups is 2. The van der Waals surface area contributed by atoms with Crippen molar-refractivity contribution in [1.82, 2.24) is 10.2 Å². The van der Waals surface area contributed by atoms with Crippen molar-refractivity contribution in [3.05, 3.63) is 63.9 Å². The zero-order valence-electron chi connectivity index (χ0n) is 16.3. The molecule has 2 aromatic rings. The molecule has 1 N–H and O–H groups in total. The van der Waals surface area contributed by atoms with Crippen LogP contribution < -0.4 is 10.1 Å². The van der Waals surface area contributed by atoms with E-state index in [1.807, 2.05) is 6.92 Å². The van der Waals surface area contributed by atoms with Crippen LogP contribution >= 0.6 is 23.2 Å². The van der Waals surface area contributed by atoms with E-state index in [0.717, 1.165) is 6.42 Å². The Morgan fingerprint density at radius 1 is 1.17 bits per heavy atom. The molecule has 0 aliphatic rings. The van der Waals surface area contributed by atoms with E-state index < -0.39 is 24.4 Å². The number of amides is 2. The van der Waals surface area contributed by atoms with Gasteiger partial charge in [0, 0.05) is 13.1 Å². The summed E-state index contributed by atoms with van der Waals surface area (Å²) in [4.78, 5) is 26.6. The van der Waals surface area contributed by atoms with Gasteiger partial charge in [-0.15, -0.1) is 0 Å². The molecule has 2 aromatic carbocycles. The van der Waals surface area contributed by atoms with E-state index in [0.29, 0.717) is 22.2 Å². The van der Waals surface area contributed by atoms with E-state index >= 15 is 0 Å². The first-order chi connectivity index (χ1) is 13.8. The van der Waals surface area contributed by atoms with Crippen molar-refractivity contribution >= 4 is 35.0 Å². The first-order valence-electron chi connectivity index (χ1n) is 9.22. The highest BCUT2D eigenvalue weighted by atomic mass is 35.5. The van der Waals surface area contributed by atoms with Crippen LogP contribution in [-0.2, 0) is 16.1 Å². The fourth-order valence-corrected chi connectivity index (χ4v) is 2.92. The lowest BCUT2D eigenvalue weighted by molar-refractivity contribution is -0.142. The molecule has 5 nitrogen and oxygen atoms in total. The Hall–Kier alpha value is -2.31. The smallest absolute Gasteiger partial charge is 0.261 e. The van der Waals surface area contributed by atoms with Crippen molar-refractivity contribution in [3.63, 3.8) is 0 Å². The Labute approximate surface area is 179 Å². The third-order valence-corrected chi connectivity index (χ3v) is 4.98. The fourth-order valence-electron chi connectivity index (χ4n) is 2.60. The molecule has 0 fully saturated rings. The topological polar surface area (TPSA) is 58.6 Å². The van der Waals surface area contributed by atoms with E-state index in [1.165, 1.54) is 23.1 Å². The van der Waals surface area contributed by atoms with Crippen LogP contribution in [0, 0.1) is 5.82 Å². The largest absolute Gasteiger partial charge is 0.481 e. The van der Waals surface area contributed by atoms with Crippen LogP contribution in [0.3, 0.4) is 0 Å². The van der Waals surface area contributed by atoms with Crippen molar-refractivity contribution in [2.45, 2.75) is 32.9 Å². The van der Waals surface area contributed by atoms with E-state index in [4.69, 9.17) is 27.9 Å². The number of hydrogen-bond acceptors (Lipinski definition) is 3. The van der Waals surface area contributed by atoms with Crippen LogP contribution in [-0.4, -0.2) is 35.9 Å². The Balaban J connectivity index is 2.17. The number of nitrogens with one attached hydrogen (secondary N) is 1. The zero-order valence-corrected chi connectivity index (χ0v) is 17.8. The summed E-state index contributed by atoms with van der Waals surface area (Å²) in [6, 6.07) is 10.0. The minimum Gasteiger partial charge on any atom is -0.481 e. The SMILES string of the molecule is CCCNC(=O)[C@H](C)N(Cc1ccc(Cl)c(Cl)c1)C(=O)COc1ccccc1F. The molecule has 8 heteroatoms. The summed E-state index contributed by atoms with van der Waals surface area (Å²) in [5.74, 6) is -1.34.